The number of hydrogen-bond donors (Lipinski definition) is 0. The molecule has 152 valence electrons. The maximum Gasteiger partial charge on any atom is 0.336 e. The number of rotatable bonds is 6. The summed E-state index contributed by atoms with van der Waals surface area (Å²) < 4.78 is 22.1. The Bertz CT molecular complexity index is 1080. The third-order valence-corrected chi connectivity index (χ3v) is 5.00. The molecule has 3 heterocycles. The lowest BCUT2D eigenvalue weighted by Crippen LogP contribution is -2.32. The van der Waals surface area contributed by atoms with E-state index in [2.05, 4.69) is 4.90 Å². The third kappa shape index (κ3) is 4.05. The molecule has 4 rings (SSSR count). The van der Waals surface area contributed by atoms with Crippen molar-refractivity contribution >= 4 is 16.9 Å². The minimum Gasteiger partial charge on any atom is -0.477 e. The Hall–Kier alpha value is -3.06. The Kier molecular flexibility index (Phi) is 5.40. The number of carbonyl (C=O) groups excluding carboxylic acids is 1. The highest BCUT2D eigenvalue weighted by atomic mass is 16.5. The fraction of sp³-hybridized carbons (Fsp3) is 0.364. The molecule has 1 aliphatic heterocycles. The molecule has 3 aromatic rings. The van der Waals surface area contributed by atoms with Gasteiger partial charge in [-0.05, 0) is 49.6 Å². The van der Waals surface area contributed by atoms with E-state index < -0.39 is 0 Å². The van der Waals surface area contributed by atoms with Crippen molar-refractivity contribution in [3.05, 3.63) is 63.4 Å². The molecule has 1 aromatic carbocycles. The van der Waals surface area contributed by atoms with Gasteiger partial charge in [0.15, 0.2) is 0 Å². The highest BCUT2D eigenvalue weighted by molar-refractivity contribution is 5.86. The van der Waals surface area contributed by atoms with E-state index in [-0.39, 0.29) is 18.0 Å². The minimum absolute atomic E-state index is 0.243. The number of esters is 1. The smallest absolute Gasteiger partial charge is 0.336 e. The van der Waals surface area contributed by atoms with E-state index in [9.17, 15) is 9.59 Å². The first-order chi connectivity index (χ1) is 14.0. The number of ether oxygens (including phenoxy) is 2. The zero-order valence-corrected chi connectivity index (χ0v) is 16.5. The molecule has 7 nitrogen and oxygen atoms in total. The van der Waals surface area contributed by atoms with Gasteiger partial charge in [-0.1, -0.05) is 0 Å². The fourth-order valence-electron chi connectivity index (χ4n) is 3.69. The SMILES string of the molecule is CCOC(=O)CCc1cc2c(C)cc(=O)oc2c2c1OCN(Cc1ccco1)C2. The first-order valence-electron chi connectivity index (χ1n) is 9.67. The van der Waals surface area contributed by atoms with Crippen LogP contribution in [0, 0.1) is 6.92 Å². The lowest BCUT2D eigenvalue weighted by molar-refractivity contribution is -0.143. The van der Waals surface area contributed by atoms with Crippen LogP contribution in [0.5, 0.6) is 5.75 Å². The number of fused-ring (bicyclic) bond motifs is 3. The maximum atomic E-state index is 12.0. The normalized spacial score (nSPS) is 13.9. The van der Waals surface area contributed by atoms with Gasteiger partial charge in [0.05, 0.1) is 25.0 Å². The molecule has 0 saturated heterocycles. The van der Waals surface area contributed by atoms with Crippen LogP contribution in [0.15, 0.2) is 44.2 Å². The first-order valence-corrected chi connectivity index (χ1v) is 9.67. The van der Waals surface area contributed by atoms with E-state index in [0.29, 0.717) is 44.2 Å². The molecule has 0 saturated carbocycles. The van der Waals surface area contributed by atoms with Crippen molar-refractivity contribution in [1.29, 1.82) is 0 Å². The number of furan rings is 1. The van der Waals surface area contributed by atoms with Crippen molar-refractivity contribution < 1.29 is 23.1 Å². The van der Waals surface area contributed by atoms with E-state index in [1.165, 1.54) is 6.07 Å². The van der Waals surface area contributed by atoms with Crippen LogP contribution in [0.25, 0.3) is 11.0 Å². The molecule has 0 spiro atoms. The van der Waals surface area contributed by atoms with E-state index in [4.69, 9.17) is 18.3 Å². The van der Waals surface area contributed by atoms with Gasteiger partial charge in [0.2, 0.25) is 0 Å². The zero-order valence-electron chi connectivity index (χ0n) is 16.5. The molecular formula is C22H23NO6. The maximum absolute atomic E-state index is 12.0. The molecular weight excluding hydrogens is 374 g/mol. The number of benzene rings is 1. The van der Waals surface area contributed by atoms with Crippen LogP contribution in [0.4, 0.5) is 0 Å². The lowest BCUT2D eigenvalue weighted by Gasteiger charge is -2.30. The van der Waals surface area contributed by atoms with E-state index in [0.717, 1.165) is 27.8 Å². The Morgan fingerprint density at radius 3 is 2.93 bits per heavy atom. The van der Waals surface area contributed by atoms with Crippen molar-refractivity contribution in [3.8, 4) is 5.75 Å². The Morgan fingerprint density at radius 1 is 1.31 bits per heavy atom. The summed E-state index contributed by atoms with van der Waals surface area (Å²) >= 11 is 0. The molecule has 7 heteroatoms. The molecule has 2 aromatic heterocycles. The molecule has 0 N–H and O–H groups in total. The monoisotopic (exact) mass is 397 g/mol. The first kappa shape index (κ1) is 19.3. The Morgan fingerprint density at radius 2 is 2.17 bits per heavy atom. The molecule has 0 unspecified atom stereocenters. The summed E-state index contributed by atoms with van der Waals surface area (Å²) in [4.78, 5) is 25.9. The van der Waals surface area contributed by atoms with Gasteiger partial charge in [0.1, 0.15) is 23.8 Å². The van der Waals surface area contributed by atoms with Crippen molar-refractivity contribution in [2.45, 2.75) is 39.8 Å². The third-order valence-electron chi connectivity index (χ3n) is 5.00. The standard InChI is InChI=1S/C22H23NO6/c1-3-26-19(24)7-6-15-10-17-14(2)9-20(25)29-22(17)18-12-23(13-28-21(15)18)11-16-5-4-8-27-16/h4-5,8-10H,3,6-7,11-13H2,1-2H3. The molecule has 0 radical (unpaired) electrons. The summed E-state index contributed by atoms with van der Waals surface area (Å²) in [6.45, 7) is 5.53. The van der Waals surface area contributed by atoms with Crippen LogP contribution in [0.3, 0.4) is 0 Å². The van der Waals surface area contributed by atoms with Crippen LogP contribution in [0.1, 0.15) is 35.8 Å². The minimum atomic E-state index is -0.389. The molecule has 0 amide bonds. The van der Waals surface area contributed by atoms with Gasteiger partial charge in [-0.25, -0.2) is 4.79 Å². The average molecular weight is 397 g/mol. The number of aryl methyl sites for hydroxylation is 2. The van der Waals surface area contributed by atoms with Crippen LogP contribution in [0.2, 0.25) is 0 Å². The summed E-state index contributed by atoms with van der Waals surface area (Å²) in [6, 6.07) is 7.19. The van der Waals surface area contributed by atoms with Crippen molar-refractivity contribution in [3.63, 3.8) is 0 Å². The number of nitrogens with zero attached hydrogens (tertiary/aromatic N) is 1. The second-order valence-corrected chi connectivity index (χ2v) is 7.11. The van der Waals surface area contributed by atoms with Crippen LogP contribution in [-0.4, -0.2) is 24.2 Å². The van der Waals surface area contributed by atoms with Crippen molar-refractivity contribution in [2.75, 3.05) is 13.3 Å². The van der Waals surface area contributed by atoms with Crippen LogP contribution < -0.4 is 10.4 Å². The number of carbonyl (C=O) groups is 1. The second-order valence-electron chi connectivity index (χ2n) is 7.11. The zero-order chi connectivity index (χ0) is 20.4. The quantitative estimate of drug-likeness (QED) is 0.465. The fourth-order valence-corrected chi connectivity index (χ4v) is 3.69. The van der Waals surface area contributed by atoms with Crippen LogP contribution in [-0.2, 0) is 29.0 Å². The predicted molar refractivity (Wildman–Crippen MR) is 106 cm³/mol. The van der Waals surface area contributed by atoms with Crippen LogP contribution >= 0.6 is 0 Å². The van der Waals surface area contributed by atoms with Gasteiger partial charge in [-0.2, -0.15) is 0 Å². The van der Waals surface area contributed by atoms with Gasteiger partial charge < -0.3 is 18.3 Å². The molecule has 0 aliphatic carbocycles. The van der Waals surface area contributed by atoms with E-state index >= 15 is 0 Å². The average Bonchev–Trinajstić information content (AvgIpc) is 3.20. The van der Waals surface area contributed by atoms with E-state index in [1.54, 1.807) is 13.2 Å². The highest BCUT2D eigenvalue weighted by Gasteiger charge is 2.26. The largest absolute Gasteiger partial charge is 0.477 e. The summed E-state index contributed by atoms with van der Waals surface area (Å²) in [5.41, 5.74) is 2.71. The van der Waals surface area contributed by atoms with Gasteiger partial charge >= 0.3 is 11.6 Å². The van der Waals surface area contributed by atoms with E-state index in [1.807, 2.05) is 25.1 Å². The summed E-state index contributed by atoms with van der Waals surface area (Å²) in [7, 11) is 0. The molecule has 1 aliphatic rings. The van der Waals surface area contributed by atoms with Gasteiger partial charge in [-0.3, -0.25) is 9.69 Å². The lowest BCUT2D eigenvalue weighted by atomic mass is 9.97. The van der Waals surface area contributed by atoms with Gasteiger partial charge in [-0.15, -0.1) is 0 Å². The van der Waals surface area contributed by atoms with Gasteiger partial charge in [0, 0.05) is 24.4 Å². The predicted octanol–water partition coefficient (Wildman–Crippen LogP) is 3.54. The molecule has 0 bridgehead atoms. The summed E-state index contributed by atoms with van der Waals surface area (Å²) in [5.74, 6) is 1.27. The second kappa shape index (κ2) is 8.13. The molecule has 0 atom stereocenters. The summed E-state index contributed by atoms with van der Waals surface area (Å²) in [6.07, 6.45) is 2.40. The Labute approximate surface area is 167 Å². The highest BCUT2D eigenvalue weighted by Crippen LogP contribution is 2.37. The topological polar surface area (TPSA) is 82.1 Å². The number of hydrogen-bond acceptors (Lipinski definition) is 7. The Balaban J connectivity index is 1.72. The van der Waals surface area contributed by atoms with Gasteiger partial charge in [0.25, 0.3) is 0 Å². The van der Waals surface area contributed by atoms with Crippen molar-refractivity contribution in [2.24, 2.45) is 0 Å². The summed E-state index contributed by atoms with van der Waals surface area (Å²) in [5, 5.41) is 0.852. The van der Waals surface area contributed by atoms with Crippen molar-refractivity contribution in [1.82, 2.24) is 4.90 Å². The molecule has 29 heavy (non-hydrogen) atoms. The molecule has 0 fully saturated rings.